The molecule has 1 N–H and O–H groups in total. The maximum atomic E-state index is 13.5. The molecule has 8 nitrogen and oxygen atoms in total. The zero-order chi connectivity index (χ0) is 24.2. The van der Waals surface area contributed by atoms with E-state index in [1.807, 2.05) is 54.2 Å². The summed E-state index contributed by atoms with van der Waals surface area (Å²) in [5.74, 6) is 0.594. The Kier molecular flexibility index (Phi) is 6.34. The number of nitrogens with one attached hydrogen (secondary N) is 1. The van der Waals surface area contributed by atoms with E-state index in [0.717, 1.165) is 58.5 Å². The molecule has 5 rings (SSSR count). The van der Waals surface area contributed by atoms with Crippen LogP contribution in [0.5, 0.6) is 0 Å². The first-order valence-corrected chi connectivity index (χ1v) is 11.8. The lowest BCUT2D eigenvalue weighted by Gasteiger charge is -2.10. The molecule has 0 radical (unpaired) electrons. The standard InChI is InChI=1S/C27H27N7O/c1-3-4-8-22-18-34(25-9-6-5-7-19(25)2)27(35)33(22)17-20-10-12-21(13-11-20)24-16-28-15-14-23(24)26-29-31-32-30-26/h5-7,9-16,18H,3-4,8,17H2,1-2H3,(H,29,30,31,32). The van der Waals surface area contributed by atoms with Crippen LogP contribution < -0.4 is 5.69 Å². The number of imidazole rings is 1. The summed E-state index contributed by atoms with van der Waals surface area (Å²) in [5, 5.41) is 14.2. The number of rotatable bonds is 8. The van der Waals surface area contributed by atoms with E-state index in [1.54, 1.807) is 10.8 Å². The van der Waals surface area contributed by atoms with Gasteiger partial charge in [0.1, 0.15) is 0 Å². The highest BCUT2D eigenvalue weighted by Gasteiger charge is 2.15. The minimum atomic E-state index is -0.0122. The van der Waals surface area contributed by atoms with E-state index in [2.05, 4.69) is 56.8 Å². The molecular formula is C27H27N7O. The van der Waals surface area contributed by atoms with E-state index in [0.29, 0.717) is 12.4 Å². The number of pyridine rings is 1. The van der Waals surface area contributed by atoms with Gasteiger partial charge in [0, 0.05) is 35.4 Å². The van der Waals surface area contributed by atoms with Gasteiger partial charge < -0.3 is 0 Å². The Hall–Kier alpha value is -4.33. The third-order valence-electron chi connectivity index (χ3n) is 6.25. The molecule has 5 aromatic rings. The molecule has 176 valence electrons. The molecule has 0 spiro atoms. The number of tetrazole rings is 1. The van der Waals surface area contributed by atoms with Gasteiger partial charge in [-0.3, -0.25) is 14.1 Å². The number of H-pyrrole nitrogens is 1. The van der Waals surface area contributed by atoms with Crippen molar-refractivity contribution in [2.24, 2.45) is 0 Å². The molecule has 0 bridgehead atoms. The SMILES string of the molecule is CCCCc1cn(-c2ccccc2C)c(=O)n1Cc1ccc(-c2cnccc2-c2nnn[nH]2)cc1. The maximum absolute atomic E-state index is 13.5. The van der Waals surface area contributed by atoms with Crippen molar-refractivity contribution in [2.75, 3.05) is 0 Å². The average molecular weight is 466 g/mol. The van der Waals surface area contributed by atoms with Crippen LogP contribution in [0.15, 0.2) is 78.0 Å². The summed E-state index contributed by atoms with van der Waals surface area (Å²) in [6.45, 7) is 4.72. The number of hydrogen-bond donors (Lipinski definition) is 1. The largest absolute Gasteiger partial charge is 0.333 e. The molecule has 0 amide bonds. The molecule has 3 heterocycles. The van der Waals surface area contributed by atoms with Crippen molar-refractivity contribution in [3.8, 4) is 28.2 Å². The second-order valence-electron chi connectivity index (χ2n) is 8.62. The van der Waals surface area contributed by atoms with Crippen LogP contribution in [-0.4, -0.2) is 34.7 Å². The van der Waals surface area contributed by atoms with Gasteiger partial charge in [-0.15, -0.1) is 5.10 Å². The normalized spacial score (nSPS) is 11.1. The number of benzene rings is 2. The van der Waals surface area contributed by atoms with Crippen molar-refractivity contribution in [2.45, 2.75) is 39.7 Å². The van der Waals surface area contributed by atoms with E-state index in [1.165, 1.54) is 0 Å². The van der Waals surface area contributed by atoms with Crippen LogP contribution in [0.3, 0.4) is 0 Å². The molecule has 3 aromatic heterocycles. The highest BCUT2D eigenvalue weighted by Crippen LogP contribution is 2.29. The third-order valence-corrected chi connectivity index (χ3v) is 6.25. The highest BCUT2D eigenvalue weighted by molar-refractivity contribution is 5.79. The second kappa shape index (κ2) is 9.89. The Morgan fingerprint density at radius 2 is 1.83 bits per heavy atom. The molecule has 0 atom stereocenters. The van der Waals surface area contributed by atoms with Gasteiger partial charge in [0.15, 0.2) is 5.82 Å². The van der Waals surface area contributed by atoms with E-state index < -0.39 is 0 Å². The van der Waals surface area contributed by atoms with Gasteiger partial charge in [0.2, 0.25) is 0 Å². The van der Waals surface area contributed by atoms with Crippen molar-refractivity contribution >= 4 is 0 Å². The summed E-state index contributed by atoms with van der Waals surface area (Å²) >= 11 is 0. The molecule has 0 fully saturated rings. The Labute approximate surface area is 203 Å². The van der Waals surface area contributed by atoms with Gasteiger partial charge >= 0.3 is 5.69 Å². The van der Waals surface area contributed by atoms with E-state index in [9.17, 15) is 4.79 Å². The lowest BCUT2D eigenvalue weighted by Crippen LogP contribution is -2.25. The van der Waals surface area contributed by atoms with Crippen molar-refractivity contribution in [1.29, 1.82) is 0 Å². The topological polar surface area (TPSA) is 94.3 Å². The molecular weight excluding hydrogens is 438 g/mol. The van der Waals surface area contributed by atoms with Gasteiger partial charge in [0.05, 0.1) is 12.2 Å². The molecule has 35 heavy (non-hydrogen) atoms. The van der Waals surface area contributed by atoms with Gasteiger partial charge in [0.25, 0.3) is 0 Å². The summed E-state index contributed by atoms with van der Waals surface area (Å²) in [5.41, 5.74) is 6.92. The molecule has 0 aliphatic carbocycles. The quantitative estimate of drug-likeness (QED) is 0.362. The molecule has 2 aromatic carbocycles. The number of hydrogen-bond acceptors (Lipinski definition) is 5. The van der Waals surface area contributed by atoms with E-state index in [4.69, 9.17) is 0 Å². The summed E-state index contributed by atoms with van der Waals surface area (Å²) in [7, 11) is 0. The Balaban J connectivity index is 1.47. The number of aryl methyl sites for hydroxylation is 2. The molecule has 0 unspecified atom stereocenters. The van der Waals surface area contributed by atoms with Crippen LogP contribution in [0.1, 0.15) is 36.6 Å². The summed E-state index contributed by atoms with van der Waals surface area (Å²) in [4.78, 5) is 17.8. The number of nitrogens with zero attached hydrogens (tertiary/aromatic N) is 6. The van der Waals surface area contributed by atoms with Crippen LogP contribution >= 0.6 is 0 Å². The number of aromatic amines is 1. The van der Waals surface area contributed by atoms with Crippen molar-refractivity contribution in [3.63, 3.8) is 0 Å². The second-order valence-corrected chi connectivity index (χ2v) is 8.62. The molecule has 0 aliphatic heterocycles. The predicted octanol–water partition coefficient (Wildman–Crippen LogP) is 4.58. The van der Waals surface area contributed by atoms with Crippen molar-refractivity contribution in [3.05, 3.63) is 100 Å². The molecule has 0 saturated carbocycles. The summed E-state index contributed by atoms with van der Waals surface area (Å²) < 4.78 is 3.68. The number of aromatic nitrogens is 7. The maximum Gasteiger partial charge on any atom is 0.333 e. The molecule has 0 aliphatic rings. The minimum Gasteiger partial charge on any atom is -0.292 e. The van der Waals surface area contributed by atoms with Gasteiger partial charge in [-0.2, -0.15) is 0 Å². The van der Waals surface area contributed by atoms with Crippen molar-refractivity contribution < 1.29 is 0 Å². The monoisotopic (exact) mass is 465 g/mol. The van der Waals surface area contributed by atoms with Crippen LogP contribution in [-0.2, 0) is 13.0 Å². The van der Waals surface area contributed by atoms with Crippen LogP contribution in [0.4, 0.5) is 0 Å². The fraction of sp³-hybridized carbons (Fsp3) is 0.222. The number of para-hydroxylation sites is 1. The zero-order valence-corrected chi connectivity index (χ0v) is 19.8. The Morgan fingerprint density at radius 1 is 1.00 bits per heavy atom. The predicted molar refractivity (Wildman–Crippen MR) is 135 cm³/mol. The first-order chi connectivity index (χ1) is 17.2. The third kappa shape index (κ3) is 4.55. The van der Waals surface area contributed by atoms with Gasteiger partial charge in [-0.1, -0.05) is 55.8 Å². The minimum absolute atomic E-state index is 0.0122. The first-order valence-electron chi connectivity index (χ1n) is 11.8. The number of unbranched alkanes of at least 4 members (excludes halogenated alkanes) is 1. The fourth-order valence-corrected chi connectivity index (χ4v) is 4.34. The van der Waals surface area contributed by atoms with E-state index >= 15 is 0 Å². The average Bonchev–Trinajstić information content (AvgIpc) is 3.53. The van der Waals surface area contributed by atoms with Gasteiger partial charge in [-0.25, -0.2) is 9.89 Å². The summed E-state index contributed by atoms with van der Waals surface area (Å²) in [6.07, 6.45) is 8.51. The van der Waals surface area contributed by atoms with Crippen LogP contribution in [0.25, 0.3) is 28.2 Å². The lowest BCUT2D eigenvalue weighted by atomic mass is 10.0. The van der Waals surface area contributed by atoms with Crippen LogP contribution in [0.2, 0.25) is 0 Å². The first kappa shape index (κ1) is 22.5. The summed E-state index contributed by atoms with van der Waals surface area (Å²) in [6, 6.07) is 18.1. The van der Waals surface area contributed by atoms with Crippen LogP contribution in [0, 0.1) is 6.92 Å². The fourth-order valence-electron chi connectivity index (χ4n) is 4.34. The lowest BCUT2D eigenvalue weighted by molar-refractivity contribution is 0.674. The Bertz CT molecular complexity index is 1480. The van der Waals surface area contributed by atoms with Crippen molar-refractivity contribution in [1.82, 2.24) is 34.7 Å². The smallest absolute Gasteiger partial charge is 0.292 e. The Morgan fingerprint density at radius 3 is 2.57 bits per heavy atom. The zero-order valence-electron chi connectivity index (χ0n) is 19.8. The van der Waals surface area contributed by atoms with Gasteiger partial charge in [-0.05, 0) is 59.0 Å². The van der Waals surface area contributed by atoms with E-state index in [-0.39, 0.29) is 5.69 Å². The molecule has 8 heteroatoms. The molecule has 0 saturated heterocycles. The highest BCUT2D eigenvalue weighted by atomic mass is 16.1.